The predicted octanol–water partition coefficient (Wildman–Crippen LogP) is 4.82. The molecule has 2 atom stereocenters. The molecule has 232 valence electrons. The van der Waals surface area contributed by atoms with Crippen molar-refractivity contribution in [3.05, 3.63) is 28.0 Å². The molecule has 2 saturated heterocycles. The van der Waals surface area contributed by atoms with E-state index in [1.54, 1.807) is 16.4 Å². The molecule has 0 bridgehead atoms. The molecule has 0 aliphatic carbocycles. The third-order valence-corrected chi connectivity index (χ3v) is 11.5. The first-order chi connectivity index (χ1) is 20.4. The highest BCUT2D eigenvalue weighted by Crippen LogP contribution is 2.43. The standard InChI is InChI=1S/C29H40Cl2N8O3Si/c1-17-25(32)29(15-42-17)8-10-38(11-9-29)27-20(14-40)33-24-23(18-6-7-19-21(22(18)30)26(31)37(2)35-19)36-39(28(24)34-27)16-41-12-13-43(3,4)5/h6-7,17,25,40H,8-16,32H2,1-5H3/t17-,25+/m0/s1. The highest BCUT2D eigenvalue weighted by molar-refractivity contribution is 6.76. The number of hydrogen-bond donors (Lipinski definition) is 2. The van der Waals surface area contributed by atoms with Crippen molar-refractivity contribution in [2.45, 2.75) is 70.9 Å². The van der Waals surface area contributed by atoms with Crippen LogP contribution in [0.3, 0.4) is 0 Å². The number of nitrogens with zero attached hydrogens (tertiary/aromatic N) is 7. The molecule has 3 aromatic heterocycles. The number of benzene rings is 1. The first kappa shape index (κ1) is 30.7. The molecule has 0 saturated carbocycles. The monoisotopic (exact) mass is 646 g/mol. The number of aliphatic hydroxyl groups is 1. The fourth-order valence-corrected chi connectivity index (χ4v) is 7.57. The minimum absolute atomic E-state index is 0.00762. The highest BCUT2D eigenvalue weighted by Gasteiger charge is 2.48. The minimum atomic E-state index is -1.27. The van der Waals surface area contributed by atoms with E-state index in [4.69, 9.17) is 53.5 Å². The summed E-state index contributed by atoms with van der Waals surface area (Å²) in [6, 6.07) is 4.78. The van der Waals surface area contributed by atoms with Gasteiger partial charge in [0.05, 0.1) is 35.2 Å². The van der Waals surface area contributed by atoms with Crippen LogP contribution in [0.15, 0.2) is 12.1 Å². The molecule has 14 heteroatoms. The molecule has 2 aliphatic rings. The summed E-state index contributed by atoms with van der Waals surface area (Å²) in [5, 5.41) is 21.4. The van der Waals surface area contributed by atoms with Gasteiger partial charge in [0.1, 0.15) is 28.8 Å². The summed E-state index contributed by atoms with van der Waals surface area (Å²) in [6.07, 6.45) is 1.82. The van der Waals surface area contributed by atoms with Gasteiger partial charge in [-0.25, -0.2) is 14.6 Å². The SMILES string of the molecule is C[C@@H]1OCC2(CCN(c3nc4c(nc3CO)c(-c3ccc5nn(C)c(Cl)c5c3Cl)nn4COCC[Si](C)(C)C)CC2)[C@@H]1N. The van der Waals surface area contributed by atoms with E-state index >= 15 is 0 Å². The molecule has 2 aliphatic heterocycles. The lowest BCUT2D eigenvalue weighted by atomic mass is 9.73. The summed E-state index contributed by atoms with van der Waals surface area (Å²) >= 11 is 13.5. The van der Waals surface area contributed by atoms with Crippen molar-refractivity contribution in [1.29, 1.82) is 0 Å². The van der Waals surface area contributed by atoms with Gasteiger partial charge in [0.2, 0.25) is 0 Å². The smallest absolute Gasteiger partial charge is 0.181 e. The number of piperidine rings is 1. The van der Waals surface area contributed by atoms with Crippen LogP contribution in [0.1, 0.15) is 25.5 Å². The number of fused-ring (bicyclic) bond motifs is 2. The maximum Gasteiger partial charge on any atom is 0.181 e. The van der Waals surface area contributed by atoms with Gasteiger partial charge < -0.3 is 25.2 Å². The summed E-state index contributed by atoms with van der Waals surface area (Å²) in [4.78, 5) is 12.2. The second-order valence-electron chi connectivity index (χ2n) is 13.1. The van der Waals surface area contributed by atoms with Crippen LogP contribution >= 0.6 is 23.2 Å². The summed E-state index contributed by atoms with van der Waals surface area (Å²) in [5.41, 5.74) is 10.0. The van der Waals surface area contributed by atoms with Crippen molar-refractivity contribution in [2.75, 3.05) is 31.2 Å². The van der Waals surface area contributed by atoms with Crippen molar-refractivity contribution in [3.8, 4) is 11.3 Å². The molecular weight excluding hydrogens is 607 g/mol. The van der Waals surface area contributed by atoms with E-state index in [0.717, 1.165) is 32.0 Å². The lowest BCUT2D eigenvalue weighted by Gasteiger charge is -2.41. The Hall–Kier alpha value is -2.32. The van der Waals surface area contributed by atoms with Crippen molar-refractivity contribution in [2.24, 2.45) is 18.2 Å². The van der Waals surface area contributed by atoms with Crippen LogP contribution in [0.2, 0.25) is 35.9 Å². The summed E-state index contributed by atoms with van der Waals surface area (Å²) in [7, 11) is 0.502. The lowest BCUT2D eigenvalue weighted by Crippen LogP contribution is -2.51. The number of aromatic nitrogens is 6. The fraction of sp³-hybridized carbons (Fsp3) is 0.586. The average molecular weight is 648 g/mol. The van der Waals surface area contributed by atoms with Gasteiger partial charge in [0.15, 0.2) is 11.5 Å². The van der Waals surface area contributed by atoms with E-state index in [-0.39, 0.29) is 30.9 Å². The number of rotatable bonds is 8. The Morgan fingerprint density at radius 1 is 1.16 bits per heavy atom. The number of anilines is 1. The average Bonchev–Trinajstić information content (AvgIpc) is 3.57. The molecule has 0 radical (unpaired) electrons. The Labute approximate surface area is 262 Å². The molecule has 6 rings (SSSR count). The lowest BCUT2D eigenvalue weighted by molar-refractivity contribution is 0.0814. The zero-order chi connectivity index (χ0) is 30.7. The zero-order valence-corrected chi connectivity index (χ0v) is 27.9. The number of hydrogen-bond acceptors (Lipinski definition) is 9. The minimum Gasteiger partial charge on any atom is -0.390 e. The Bertz CT molecular complexity index is 1660. The molecule has 4 aromatic rings. The van der Waals surface area contributed by atoms with E-state index in [2.05, 4.69) is 29.6 Å². The number of aryl methyl sites for hydroxylation is 1. The van der Waals surface area contributed by atoms with Gasteiger partial charge in [-0.05, 0) is 37.9 Å². The van der Waals surface area contributed by atoms with Gasteiger partial charge >= 0.3 is 0 Å². The Balaban J connectivity index is 1.41. The van der Waals surface area contributed by atoms with Crippen LogP contribution in [0.4, 0.5) is 5.82 Å². The second-order valence-corrected chi connectivity index (χ2v) is 19.5. The Kier molecular flexibility index (Phi) is 8.25. The van der Waals surface area contributed by atoms with Gasteiger partial charge in [0.25, 0.3) is 0 Å². The maximum atomic E-state index is 10.5. The van der Waals surface area contributed by atoms with Gasteiger partial charge in [-0.2, -0.15) is 10.2 Å². The largest absolute Gasteiger partial charge is 0.390 e. The van der Waals surface area contributed by atoms with E-state index in [1.165, 1.54) is 0 Å². The Morgan fingerprint density at radius 3 is 2.56 bits per heavy atom. The number of nitrogens with two attached hydrogens (primary N) is 1. The third kappa shape index (κ3) is 5.56. The van der Waals surface area contributed by atoms with Crippen LogP contribution in [-0.4, -0.2) is 81.2 Å². The summed E-state index contributed by atoms with van der Waals surface area (Å²) < 4.78 is 15.4. The molecule has 43 heavy (non-hydrogen) atoms. The van der Waals surface area contributed by atoms with Gasteiger partial charge in [-0.15, -0.1) is 0 Å². The van der Waals surface area contributed by atoms with Crippen molar-refractivity contribution in [1.82, 2.24) is 29.5 Å². The molecule has 3 N–H and O–H groups in total. The first-order valence-electron chi connectivity index (χ1n) is 14.8. The predicted molar refractivity (Wildman–Crippen MR) is 172 cm³/mol. The Morgan fingerprint density at radius 2 is 1.91 bits per heavy atom. The second kappa shape index (κ2) is 11.6. The molecule has 11 nitrogen and oxygen atoms in total. The topological polar surface area (TPSA) is 129 Å². The van der Waals surface area contributed by atoms with E-state index in [0.29, 0.717) is 68.2 Å². The molecule has 0 unspecified atom stereocenters. The molecular formula is C29H40Cl2N8O3Si. The molecule has 0 amide bonds. The number of ether oxygens (including phenoxy) is 2. The van der Waals surface area contributed by atoms with Crippen molar-refractivity contribution in [3.63, 3.8) is 0 Å². The highest BCUT2D eigenvalue weighted by atomic mass is 35.5. The normalized spacial score (nSPS) is 20.7. The van der Waals surface area contributed by atoms with Crippen LogP contribution < -0.4 is 10.6 Å². The summed E-state index contributed by atoms with van der Waals surface area (Å²) in [5.74, 6) is 0.650. The quantitative estimate of drug-likeness (QED) is 0.204. The van der Waals surface area contributed by atoms with E-state index in [9.17, 15) is 5.11 Å². The van der Waals surface area contributed by atoms with Gasteiger partial charge in [-0.3, -0.25) is 4.68 Å². The molecule has 5 heterocycles. The fourth-order valence-electron chi connectivity index (χ4n) is 6.20. The first-order valence-corrected chi connectivity index (χ1v) is 19.3. The van der Waals surface area contributed by atoms with Crippen LogP contribution in [-0.2, 0) is 29.9 Å². The van der Waals surface area contributed by atoms with Crippen LogP contribution in [0.25, 0.3) is 33.3 Å². The number of aliphatic hydroxyl groups excluding tert-OH is 1. The van der Waals surface area contributed by atoms with E-state index < -0.39 is 8.07 Å². The maximum absolute atomic E-state index is 10.5. The van der Waals surface area contributed by atoms with Gasteiger partial charge in [0, 0.05) is 51.8 Å². The van der Waals surface area contributed by atoms with Crippen LogP contribution in [0.5, 0.6) is 0 Å². The summed E-state index contributed by atoms with van der Waals surface area (Å²) in [6.45, 7) is 11.8. The van der Waals surface area contributed by atoms with Crippen LogP contribution in [0, 0.1) is 5.41 Å². The molecule has 1 aromatic carbocycles. The van der Waals surface area contributed by atoms with E-state index in [1.807, 2.05) is 19.1 Å². The van der Waals surface area contributed by atoms with Crippen molar-refractivity contribution < 1.29 is 14.6 Å². The van der Waals surface area contributed by atoms with Crippen molar-refractivity contribution >= 4 is 59.2 Å². The van der Waals surface area contributed by atoms with Gasteiger partial charge in [-0.1, -0.05) is 42.8 Å². The number of halogens is 2. The third-order valence-electron chi connectivity index (χ3n) is 9.01. The zero-order valence-electron chi connectivity index (χ0n) is 25.4. The molecule has 1 spiro atoms. The molecule has 2 fully saturated rings.